The van der Waals surface area contributed by atoms with Gasteiger partial charge in [-0.1, -0.05) is 0 Å². The van der Waals surface area contributed by atoms with Crippen molar-refractivity contribution < 1.29 is 48.1 Å². The van der Waals surface area contributed by atoms with Crippen molar-refractivity contribution in [1.29, 1.82) is 0 Å². The molecular weight excluding hydrogens is 520 g/mol. The highest BCUT2D eigenvalue weighted by atomic mass is 16.9. The summed E-state index contributed by atoms with van der Waals surface area (Å²) in [5.41, 5.74) is 0. The van der Waals surface area contributed by atoms with Crippen LogP contribution in [0.2, 0.25) is 0 Å². The Morgan fingerprint density at radius 1 is 0.400 bits per heavy atom. The van der Waals surface area contributed by atoms with E-state index < -0.39 is 59.8 Å². The minimum Gasteiger partial charge on any atom is -0.387 e. The first-order valence-electron chi connectivity index (χ1n) is 15.9. The van der Waals surface area contributed by atoms with E-state index in [1.165, 1.54) is 0 Å². The van der Waals surface area contributed by atoms with Gasteiger partial charge in [0.05, 0.1) is 24.4 Å². The molecule has 2 N–H and O–H groups in total. The predicted octanol–water partition coefficient (Wildman–Crippen LogP) is 3.43. The Hall–Kier alpha value is -0.400. The van der Waals surface area contributed by atoms with E-state index in [4.69, 9.17) is 37.9 Å². The van der Waals surface area contributed by atoms with Crippen LogP contribution in [0.25, 0.3) is 0 Å². The van der Waals surface area contributed by atoms with E-state index >= 15 is 0 Å². The van der Waals surface area contributed by atoms with E-state index in [0.29, 0.717) is 25.7 Å². The zero-order chi connectivity index (χ0) is 27.9. The van der Waals surface area contributed by atoms with Crippen molar-refractivity contribution in [3.8, 4) is 0 Å². The number of aliphatic hydroxyl groups is 2. The molecule has 7 fully saturated rings. The average molecular weight is 569 g/mol. The smallest absolute Gasteiger partial charge is 0.224 e. The van der Waals surface area contributed by atoms with E-state index in [9.17, 15) is 10.2 Å². The standard InChI is InChI=1S/C30H48O10/c1-17-9-5-13-27(33-17)29(15-7-11-19(3)35-29)39-25-23(37-27)21(31)22(32)24-26(25)40-30(16-8-12-20(4)36-30)28(38-24)14-6-10-18(2)34-28/h17-26,31-32H,5-16H2,1-4H3/t17-,18-,19-,20-,21-,22+,23-,24-,25+,26+,27+,28+,29+,30+/m0/s1. The summed E-state index contributed by atoms with van der Waals surface area (Å²) in [6.45, 7) is 8.17. The monoisotopic (exact) mass is 568 g/mol. The molecule has 0 bridgehead atoms. The van der Waals surface area contributed by atoms with Crippen LogP contribution in [-0.4, -0.2) is 94.4 Å². The first-order chi connectivity index (χ1) is 19.1. The molecule has 40 heavy (non-hydrogen) atoms. The highest BCUT2D eigenvalue weighted by molar-refractivity contribution is 5.13. The van der Waals surface area contributed by atoms with Crippen molar-refractivity contribution >= 4 is 0 Å². The molecular formula is C30H48O10. The topological polar surface area (TPSA) is 114 Å². The van der Waals surface area contributed by atoms with E-state index in [-0.39, 0.29) is 24.4 Å². The second kappa shape index (κ2) is 10.1. The lowest BCUT2D eigenvalue weighted by molar-refractivity contribution is -0.544. The molecule has 4 spiro atoms. The maximum absolute atomic E-state index is 11.6. The van der Waals surface area contributed by atoms with Crippen LogP contribution in [0.15, 0.2) is 0 Å². The Bertz CT molecular complexity index is 877. The summed E-state index contributed by atoms with van der Waals surface area (Å²) in [6.07, 6.45) is 3.57. The van der Waals surface area contributed by atoms with Crippen molar-refractivity contribution in [3.05, 3.63) is 0 Å². The van der Waals surface area contributed by atoms with Gasteiger partial charge in [0.1, 0.15) is 36.6 Å². The molecule has 228 valence electrons. The van der Waals surface area contributed by atoms with Crippen molar-refractivity contribution in [2.45, 2.75) is 189 Å². The Kier molecular flexibility index (Phi) is 7.15. The molecule has 0 amide bonds. The number of ether oxygens (including phenoxy) is 8. The Morgan fingerprint density at radius 3 is 0.900 bits per heavy atom. The van der Waals surface area contributed by atoms with Gasteiger partial charge in [-0.15, -0.1) is 0 Å². The third kappa shape index (κ3) is 4.19. The summed E-state index contributed by atoms with van der Waals surface area (Å²) in [6, 6.07) is 0. The van der Waals surface area contributed by atoms with Crippen molar-refractivity contribution in [2.24, 2.45) is 0 Å². The van der Waals surface area contributed by atoms with Gasteiger partial charge in [-0.25, -0.2) is 0 Å². The fraction of sp³-hybridized carbons (Fsp3) is 1.00. The molecule has 0 radical (unpaired) electrons. The predicted molar refractivity (Wildman–Crippen MR) is 140 cm³/mol. The zero-order valence-corrected chi connectivity index (χ0v) is 24.4. The molecule has 0 unspecified atom stereocenters. The molecule has 6 saturated heterocycles. The molecule has 10 heteroatoms. The summed E-state index contributed by atoms with van der Waals surface area (Å²) < 4.78 is 54.2. The molecule has 0 aromatic heterocycles. The first-order valence-corrected chi connectivity index (χ1v) is 15.9. The van der Waals surface area contributed by atoms with E-state index in [2.05, 4.69) is 13.8 Å². The third-order valence-electron chi connectivity index (χ3n) is 10.5. The Labute approximate surface area is 237 Å². The second-order valence-corrected chi connectivity index (χ2v) is 13.6. The summed E-state index contributed by atoms with van der Waals surface area (Å²) in [5, 5.41) is 23.1. The molecule has 14 atom stereocenters. The molecule has 1 aliphatic carbocycles. The maximum Gasteiger partial charge on any atom is 0.224 e. The van der Waals surface area contributed by atoms with Gasteiger partial charge in [-0.3, -0.25) is 0 Å². The number of fused-ring (bicyclic) bond motifs is 5. The van der Waals surface area contributed by atoms with E-state index in [1.54, 1.807) is 0 Å². The van der Waals surface area contributed by atoms with Crippen molar-refractivity contribution in [1.82, 2.24) is 0 Å². The highest BCUT2D eigenvalue weighted by Gasteiger charge is 2.74. The molecule has 7 aliphatic rings. The molecule has 6 heterocycles. The molecule has 10 nitrogen and oxygen atoms in total. The highest BCUT2D eigenvalue weighted by Crippen LogP contribution is 2.58. The second-order valence-electron chi connectivity index (χ2n) is 13.6. The summed E-state index contributed by atoms with van der Waals surface area (Å²) >= 11 is 0. The number of hydrogen-bond acceptors (Lipinski definition) is 10. The molecule has 6 aliphatic heterocycles. The van der Waals surface area contributed by atoms with Gasteiger partial charge in [0.15, 0.2) is 0 Å². The number of aliphatic hydroxyl groups excluding tert-OH is 2. The van der Waals surface area contributed by atoms with E-state index in [1.807, 2.05) is 13.8 Å². The molecule has 7 rings (SSSR count). The SMILES string of the molecule is C[C@H]1CCC[C@]2(O[C@H]3[C@@H]4O[C@]5(CCC[C@H](C)O5)[C@@]5(CCC[C@H](C)O5)O[C@H]4[C@@H](O)[C@@H](O)[C@@H]3O[C@]23CCC[C@H](C)O3)O1. The van der Waals surface area contributed by atoms with Gasteiger partial charge in [0.2, 0.25) is 23.1 Å². The molecule has 1 saturated carbocycles. The van der Waals surface area contributed by atoms with Crippen LogP contribution in [0.1, 0.15) is 105 Å². The zero-order valence-electron chi connectivity index (χ0n) is 24.4. The number of rotatable bonds is 0. The van der Waals surface area contributed by atoms with Gasteiger partial charge >= 0.3 is 0 Å². The van der Waals surface area contributed by atoms with Crippen LogP contribution >= 0.6 is 0 Å². The normalized spacial score (nSPS) is 58.6. The third-order valence-corrected chi connectivity index (χ3v) is 10.5. The van der Waals surface area contributed by atoms with Crippen molar-refractivity contribution in [2.75, 3.05) is 0 Å². The average Bonchev–Trinajstić information content (AvgIpc) is 2.90. The molecule has 0 aromatic carbocycles. The van der Waals surface area contributed by atoms with Crippen LogP contribution in [0.5, 0.6) is 0 Å². The molecule has 0 aromatic rings. The maximum atomic E-state index is 11.6. The van der Waals surface area contributed by atoms with Crippen LogP contribution in [0.3, 0.4) is 0 Å². The van der Waals surface area contributed by atoms with Crippen LogP contribution in [0, 0.1) is 0 Å². The fourth-order valence-electron chi connectivity index (χ4n) is 8.66. The lowest BCUT2D eigenvalue weighted by Crippen LogP contribution is -2.82. The largest absolute Gasteiger partial charge is 0.387 e. The number of hydrogen-bond donors (Lipinski definition) is 2. The van der Waals surface area contributed by atoms with Gasteiger partial charge in [0, 0.05) is 25.7 Å². The van der Waals surface area contributed by atoms with Gasteiger partial charge in [0.25, 0.3) is 0 Å². The van der Waals surface area contributed by atoms with Crippen LogP contribution in [0.4, 0.5) is 0 Å². The van der Waals surface area contributed by atoms with E-state index in [0.717, 1.165) is 51.4 Å². The Morgan fingerprint density at radius 2 is 0.650 bits per heavy atom. The summed E-state index contributed by atoms with van der Waals surface area (Å²) in [7, 11) is 0. The van der Waals surface area contributed by atoms with Gasteiger partial charge < -0.3 is 48.1 Å². The van der Waals surface area contributed by atoms with Gasteiger partial charge in [-0.05, 0) is 79.1 Å². The summed E-state index contributed by atoms with van der Waals surface area (Å²) in [5.74, 6) is -4.68. The van der Waals surface area contributed by atoms with Crippen molar-refractivity contribution in [3.63, 3.8) is 0 Å². The minimum absolute atomic E-state index is 0.0423. The lowest BCUT2D eigenvalue weighted by atomic mass is 9.77. The Balaban J connectivity index is 1.28. The van der Waals surface area contributed by atoms with Gasteiger partial charge in [-0.2, -0.15) is 0 Å². The quantitative estimate of drug-likeness (QED) is 0.451. The van der Waals surface area contributed by atoms with Crippen LogP contribution < -0.4 is 0 Å². The fourth-order valence-corrected chi connectivity index (χ4v) is 8.66. The summed E-state index contributed by atoms with van der Waals surface area (Å²) in [4.78, 5) is 0. The van der Waals surface area contributed by atoms with Crippen LogP contribution in [-0.2, 0) is 37.9 Å². The minimum atomic E-state index is -1.27. The lowest BCUT2D eigenvalue weighted by Gasteiger charge is -2.66. The first kappa shape index (κ1) is 28.4.